The van der Waals surface area contributed by atoms with E-state index in [0.29, 0.717) is 5.78 Å². The second-order valence-electron chi connectivity index (χ2n) is 4.12. The number of carbonyl (C=O) groups is 1. The highest BCUT2D eigenvalue weighted by Crippen LogP contribution is 2.53. The molecule has 2 unspecified atom stereocenters. The average molecular weight is 153 g/mol. The molecule has 2 nitrogen and oxygen atoms in total. The Bertz CT molecular complexity index is 178. The molecule has 62 valence electrons. The van der Waals surface area contributed by atoms with Crippen molar-refractivity contribution in [1.82, 2.24) is 4.90 Å². The Labute approximate surface area is 67.6 Å². The zero-order valence-electron chi connectivity index (χ0n) is 7.21. The quantitative estimate of drug-likeness (QED) is 0.584. The summed E-state index contributed by atoms with van der Waals surface area (Å²) < 4.78 is 0. The molecule has 2 atom stereocenters. The number of hydrogen-bond acceptors (Lipinski definition) is 2. The molecule has 0 spiro atoms. The first-order valence-electron chi connectivity index (χ1n) is 4.36. The molecule has 0 radical (unpaired) electrons. The molecule has 2 rings (SSSR count). The Kier molecular flexibility index (Phi) is 1.53. The lowest BCUT2D eigenvalue weighted by Crippen LogP contribution is -2.19. The number of hydrogen-bond donors (Lipinski definition) is 0. The van der Waals surface area contributed by atoms with Crippen molar-refractivity contribution in [1.29, 1.82) is 0 Å². The molecule has 0 amide bonds. The van der Waals surface area contributed by atoms with Crippen LogP contribution < -0.4 is 0 Å². The molecule has 0 N–H and O–H groups in total. The molecule has 0 aromatic carbocycles. The summed E-state index contributed by atoms with van der Waals surface area (Å²) in [6, 6.07) is 0. The molecule has 1 aliphatic heterocycles. The van der Waals surface area contributed by atoms with Crippen LogP contribution in [0.4, 0.5) is 0 Å². The summed E-state index contributed by atoms with van der Waals surface area (Å²) in [5.74, 6) is 2.85. The number of rotatable bonds is 2. The fourth-order valence-corrected chi connectivity index (χ4v) is 2.49. The van der Waals surface area contributed by atoms with Crippen LogP contribution in [0.15, 0.2) is 0 Å². The molecular formula is C9H15NO. The SMILES string of the molecule is CC(=O)CC1C2CN(C)CC12. The number of ketones is 1. The molecule has 1 saturated carbocycles. The van der Waals surface area contributed by atoms with Crippen molar-refractivity contribution in [2.45, 2.75) is 13.3 Å². The molecule has 2 aliphatic rings. The Hall–Kier alpha value is -0.370. The van der Waals surface area contributed by atoms with Gasteiger partial charge in [-0.15, -0.1) is 0 Å². The zero-order chi connectivity index (χ0) is 8.01. The van der Waals surface area contributed by atoms with Gasteiger partial charge in [0, 0.05) is 19.5 Å². The van der Waals surface area contributed by atoms with Gasteiger partial charge in [-0.05, 0) is 31.7 Å². The minimum Gasteiger partial charge on any atom is -0.306 e. The maximum Gasteiger partial charge on any atom is 0.130 e. The van der Waals surface area contributed by atoms with E-state index in [4.69, 9.17) is 0 Å². The zero-order valence-corrected chi connectivity index (χ0v) is 7.21. The molecule has 1 saturated heterocycles. The highest BCUT2D eigenvalue weighted by Gasteiger charge is 2.54. The molecule has 0 aromatic rings. The van der Waals surface area contributed by atoms with Crippen molar-refractivity contribution in [3.05, 3.63) is 0 Å². The number of likely N-dealkylation sites (tertiary alicyclic amines) is 1. The first-order chi connectivity index (χ1) is 5.18. The van der Waals surface area contributed by atoms with Gasteiger partial charge in [0.15, 0.2) is 0 Å². The fraction of sp³-hybridized carbons (Fsp3) is 0.889. The maximum absolute atomic E-state index is 10.8. The van der Waals surface area contributed by atoms with Crippen molar-refractivity contribution in [3.8, 4) is 0 Å². The number of Topliss-reactive ketones (excluding diaryl/α,β-unsaturated/α-hetero) is 1. The second-order valence-corrected chi connectivity index (χ2v) is 4.12. The van der Waals surface area contributed by atoms with Gasteiger partial charge >= 0.3 is 0 Å². The molecule has 1 heterocycles. The van der Waals surface area contributed by atoms with Crippen molar-refractivity contribution >= 4 is 5.78 Å². The third-order valence-corrected chi connectivity index (χ3v) is 3.08. The second kappa shape index (κ2) is 2.31. The van der Waals surface area contributed by atoms with Gasteiger partial charge < -0.3 is 9.69 Å². The molecule has 0 bridgehead atoms. The predicted octanol–water partition coefficient (Wildman–Crippen LogP) is 0.773. The van der Waals surface area contributed by atoms with E-state index in [1.807, 2.05) is 0 Å². The lowest BCUT2D eigenvalue weighted by Gasteiger charge is -2.11. The number of carbonyl (C=O) groups excluding carboxylic acids is 1. The van der Waals surface area contributed by atoms with Gasteiger partial charge in [0.05, 0.1) is 0 Å². The summed E-state index contributed by atoms with van der Waals surface area (Å²) in [6.45, 7) is 4.16. The molecule has 2 heteroatoms. The Morgan fingerprint density at radius 2 is 2.00 bits per heavy atom. The lowest BCUT2D eigenvalue weighted by atomic mass is 10.1. The standard InChI is InChI=1S/C9H15NO/c1-6(11)3-7-8-4-10(2)5-9(7)8/h7-9H,3-5H2,1-2H3. The third kappa shape index (κ3) is 1.20. The molecule has 11 heavy (non-hydrogen) atoms. The number of piperidine rings is 1. The van der Waals surface area contributed by atoms with Gasteiger partial charge in [0.2, 0.25) is 0 Å². The minimum absolute atomic E-state index is 0.368. The summed E-state index contributed by atoms with van der Waals surface area (Å²) in [5, 5.41) is 0. The minimum atomic E-state index is 0.368. The fourth-order valence-electron chi connectivity index (χ4n) is 2.49. The van der Waals surface area contributed by atoms with Crippen molar-refractivity contribution in [2.75, 3.05) is 20.1 Å². The largest absolute Gasteiger partial charge is 0.306 e. The van der Waals surface area contributed by atoms with Crippen LogP contribution >= 0.6 is 0 Å². The van der Waals surface area contributed by atoms with E-state index in [1.165, 1.54) is 13.1 Å². The Morgan fingerprint density at radius 1 is 1.45 bits per heavy atom. The van der Waals surface area contributed by atoms with E-state index in [9.17, 15) is 4.79 Å². The summed E-state index contributed by atoms with van der Waals surface area (Å²) in [5.41, 5.74) is 0. The van der Waals surface area contributed by atoms with E-state index in [0.717, 1.165) is 24.2 Å². The topological polar surface area (TPSA) is 20.3 Å². The van der Waals surface area contributed by atoms with Gasteiger partial charge in [-0.25, -0.2) is 0 Å². The first kappa shape index (κ1) is 7.29. The highest BCUT2D eigenvalue weighted by atomic mass is 16.1. The van der Waals surface area contributed by atoms with E-state index >= 15 is 0 Å². The average Bonchev–Trinajstić information content (AvgIpc) is 2.43. The summed E-state index contributed by atoms with van der Waals surface area (Å²) in [7, 11) is 2.16. The first-order valence-corrected chi connectivity index (χ1v) is 4.36. The Balaban J connectivity index is 1.83. The maximum atomic E-state index is 10.8. The van der Waals surface area contributed by atoms with Crippen molar-refractivity contribution < 1.29 is 4.79 Å². The summed E-state index contributed by atoms with van der Waals surface area (Å²) >= 11 is 0. The van der Waals surface area contributed by atoms with Crippen LogP contribution in [0.5, 0.6) is 0 Å². The van der Waals surface area contributed by atoms with Crippen LogP contribution in [0.2, 0.25) is 0 Å². The van der Waals surface area contributed by atoms with Crippen LogP contribution in [-0.4, -0.2) is 30.8 Å². The predicted molar refractivity (Wildman–Crippen MR) is 43.3 cm³/mol. The van der Waals surface area contributed by atoms with Crippen LogP contribution in [-0.2, 0) is 4.79 Å². The van der Waals surface area contributed by atoms with Gasteiger partial charge in [0.1, 0.15) is 5.78 Å². The number of nitrogens with zero attached hydrogens (tertiary/aromatic N) is 1. The van der Waals surface area contributed by atoms with Gasteiger partial charge in [-0.2, -0.15) is 0 Å². The molecule has 2 fully saturated rings. The molecule has 1 aliphatic carbocycles. The molecule has 0 aromatic heterocycles. The summed E-state index contributed by atoms with van der Waals surface area (Å²) in [4.78, 5) is 13.2. The lowest BCUT2D eigenvalue weighted by molar-refractivity contribution is -0.117. The van der Waals surface area contributed by atoms with Gasteiger partial charge in [-0.3, -0.25) is 0 Å². The van der Waals surface area contributed by atoms with Crippen molar-refractivity contribution in [3.63, 3.8) is 0 Å². The van der Waals surface area contributed by atoms with E-state index in [-0.39, 0.29) is 0 Å². The normalized spacial score (nSPS) is 42.2. The van der Waals surface area contributed by atoms with Crippen LogP contribution in [0.25, 0.3) is 0 Å². The summed E-state index contributed by atoms with van der Waals surface area (Å²) in [6.07, 6.45) is 0.836. The van der Waals surface area contributed by atoms with Gasteiger partial charge in [-0.1, -0.05) is 0 Å². The monoisotopic (exact) mass is 153 g/mol. The van der Waals surface area contributed by atoms with E-state index < -0.39 is 0 Å². The van der Waals surface area contributed by atoms with Crippen LogP contribution in [0, 0.1) is 17.8 Å². The third-order valence-electron chi connectivity index (χ3n) is 3.08. The molecular weight excluding hydrogens is 138 g/mol. The van der Waals surface area contributed by atoms with Crippen molar-refractivity contribution in [2.24, 2.45) is 17.8 Å². The Morgan fingerprint density at radius 3 is 2.45 bits per heavy atom. The number of fused-ring (bicyclic) bond motifs is 1. The van der Waals surface area contributed by atoms with Crippen LogP contribution in [0.3, 0.4) is 0 Å². The highest BCUT2D eigenvalue weighted by molar-refractivity contribution is 5.76. The smallest absolute Gasteiger partial charge is 0.130 e. The van der Waals surface area contributed by atoms with E-state index in [1.54, 1.807) is 6.92 Å². The van der Waals surface area contributed by atoms with E-state index in [2.05, 4.69) is 11.9 Å². The van der Waals surface area contributed by atoms with Crippen LogP contribution in [0.1, 0.15) is 13.3 Å². The van der Waals surface area contributed by atoms with Gasteiger partial charge in [0.25, 0.3) is 0 Å².